The Balaban J connectivity index is 2.93. The fourth-order valence-corrected chi connectivity index (χ4v) is 1.36. The minimum absolute atomic E-state index is 0.0124. The third-order valence-electron chi connectivity index (χ3n) is 1.82. The molecule has 0 N–H and O–H groups in total. The van der Waals surface area contributed by atoms with Crippen LogP contribution in [0.4, 0.5) is 0 Å². The molecular formula is C11H12ClNO4. The van der Waals surface area contributed by atoms with Crippen molar-refractivity contribution in [3.63, 3.8) is 0 Å². The number of hydrogen-bond donors (Lipinski definition) is 0. The predicted molar refractivity (Wildman–Crippen MR) is 61.2 cm³/mol. The molecule has 1 rings (SSSR count). The van der Waals surface area contributed by atoms with Gasteiger partial charge in [0.15, 0.2) is 5.69 Å². The first-order valence-corrected chi connectivity index (χ1v) is 5.47. The summed E-state index contributed by atoms with van der Waals surface area (Å²) < 4.78 is 9.53. The average molecular weight is 258 g/mol. The zero-order valence-electron chi connectivity index (χ0n) is 9.53. The first-order valence-electron chi connectivity index (χ1n) is 5.09. The van der Waals surface area contributed by atoms with Crippen LogP contribution in [0.5, 0.6) is 0 Å². The Kier molecular flexibility index (Phi) is 4.90. The minimum Gasteiger partial charge on any atom is -0.462 e. The van der Waals surface area contributed by atoms with Gasteiger partial charge in [0.2, 0.25) is 0 Å². The van der Waals surface area contributed by atoms with Crippen LogP contribution >= 0.6 is 11.6 Å². The number of carbonyl (C=O) groups is 2. The number of rotatable bonds is 4. The van der Waals surface area contributed by atoms with Crippen molar-refractivity contribution >= 4 is 23.5 Å². The van der Waals surface area contributed by atoms with E-state index < -0.39 is 11.9 Å². The Bertz CT molecular complexity index is 433. The molecule has 0 saturated heterocycles. The molecule has 0 atom stereocenters. The second kappa shape index (κ2) is 6.20. The Labute approximate surface area is 104 Å². The smallest absolute Gasteiger partial charge is 0.358 e. The summed E-state index contributed by atoms with van der Waals surface area (Å²) in [5.41, 5.74) is 0.187. The summed E-state index contributed by atoms with van der Waals surface area (Å²) in [4.78, 5) is 26.5. The van der Waals surface area contributed by atoms with E-state index >= 15 is 0 Å². The molecule has 0 aliphatic heterocycles. The van der Waals surface area contributed by atoms with Crippen molar-refractivity contribution in [2.24, 2.45) is 0 Å². The van der Waals surface area contributed by atoms with E-state index in [1.54, 1.807) is 13.8 Å². The van der Waals surface area contributed by atoms with Crippen molar-refractivity contribution in [2.45, 2.75) is 13.8 Å². The average Bonchev–Trinajstić information content (AvgIpc) is 2.29. The molecule has 5 nitrogen and oxygen atoms in total. The highest BCUT2D eigenvalue weighted by Gasteiger charge is 2.16. The first-order chi connectivity index (χ1) is 8.10. The highest BCUT2D eigenvalue weighted by atomic mass is 35.5. The van der Waals surface area contributed by atoms with Gasteiger partial charge in [-0.2, -0.15) is 0 Å². The number of aromatic nitrogens is 1. The predicted octanol–water partition coefficient (Wildman–Crippen LogP) is 2.09. The summed E-state index contributed by atoms with van der Waals surface area (Å²) in [5, 5.41) is 0.0639. The van der Waals surface area contributed by atoms with E-state index in [1.165, 1.54) is 12.3 Å². The molecule has 1 aromatic heterocycles. The van der Waals surface area contributed by atoms with E-state index in [1.807, 2.05) is 0 Å². The molecule has 0 aliphatic rings. The lowest BCUT2D eigenvalue weighted by atomic mass is 10.2. The van der Waals surface area contributed by atoms with Gasteiger partial charge in [-0.25, -0.2) is 14.6 Å². The van der Waals surface area contributed by atoms with Gasteiger partial charge < -0.3 is 9.47 Å². The molecule has 0 unspecified atom stereocenters. The Morgan fingerprint density at radius 2 is 1.82 bits per heavy atom. The lowest BCUT2D eigenvalue weighted by Gasteiger charge is -2.05. The second-order valence-electron chi connectivity index (χ2n) is 3.00. The number of carbonyl (C=O) groups excluding carboxylic acids is 2. The van der Waals surface area contributed by atoms with Crippen LogP contribution in [0.15, 0.2) is 12.3 Å². The van der Waals surface area contributed by atoms with Gasteiger partial charge in [-0.15, -0.1) is 0 Å². The molecule has 1 aromatic rings. The van der Waals surface area contributed by atoms with Crippen LogP contribution < -0.4 is 0 Å². The first kappa shape index (κ1) is 13.4. The number of ether oxygens (including phenoxy) is 2. The topological polar surface area (TPSA) is 65.5 Å². The van der Waals surface area contributed by atoms with Gasteiger partial charge in [-0.3, -0.25) is 0 Å². The third kappa shape index (κ3) is 3.42. The normalized spacial score (nSPS) is 9.82. The van der Waals surface area contributed by atoms with E-state index in [0.717, 1.165) is 0 Å². The molecule has 0 spiro atoms. The molecule has 17 heavy (non-hydrogen) atoms. The molecule has 0 amide bonds. The van der Waals surface area contributed by atoms with E-state index in [-0.39, 0.29) is 29.5 Å². The molecule has 0 aliphatic carbocycles. The van der Waals surface area contributed by atoms with Gasteiger partial charge >= 0.3 is 11.9 Å². The highest BCUT2D eigenvalue weighted by Crippen LogP contribution is 2.16. The summed E-state index contributed by atoms with van der Waals surface area (Å²) in [6, 6.07) is 1.33. The van der Waals surface area contributed by atoms with Crippen LogP contribution in [0.25, 0.3) is 0 Å². The second-order valence-corrected chi connectivity index (χ2v) is 3.40. The Morgan fingerprint density at radius 3 is 2.35 bits per heavy atom. The summed E-state index contributed by atoms with van der Waals surface area (Å²) in [6.45, 7) is 3.87. The Hall–Kier alpha value is -1.62. The molecule has 0 aromatic carbocycles. The van der Waals surface area contributed by atoms with Gasteiger partial charge in [0.1, 0.15) is 0 Å². The molecule has 92 valence electrons. The fraction of sp³-hybridized carbons (Fsp3) is 0.364. The molecule has 0 bridgehead atoms. The van der Waals surface area contributed by atoms with Gasteiger partial charge in [-0.1, -0.05) is 11.6 Å². The fourth-order valence-electron chi connectivity index (χ4n) is 1.11. The standard InChI is InChI=1S/C11H12ClNO4/c1-3-16-10(14)7-5-8(12)9(13-6-7)11(15)17-4-2/h5-6H,3-4H2,1-2H3. The highest BCUT2D eigenvalue weighted by molar-refractivity contribution is 6.33. The number of hydrogen-bond acceptors (Lipinski definition) is 5. The summed E-state index contributed by atoms with van der Waals surface area (Å²) >= 11 is 5.83. The van der Waals surface area contributed by atoms with Gasteiger partial charge in [-0.05, 0) is 19.9 Å². The van der Waals surface area contributed by atoms with Crippen LogP contribution in [0.3, 0.4) is 0 Å². The monoisotopic (exact) mass is 257 g/mol. The summed E-state index contributed by atoms with van der Waals surface area (Å²) in [6.07, 6.45) is 1.23. The van der Waals surface area contributed by atoms with Crippen molar-refractivity contribution in [1.29, 1.82) is 0 Å². The number of pyridine rings is 1. The summed E-state index contributed by atoms with van der Waals surface area (Å²) in [5.74, 6) is -1.15. The molecule has 6 heteroatoms. The van der Waals surface area contributed by atoms with Gasteiger partial charge in [0.05, 0.1) is 23.8 Å². The summed E-state index contributed by atoms with van der Waals surface area (Å²) in [7, 11) is 0. The van der Waals surface area contributed by atoms with Crippen LogP contribution in [-0.2, 0) is 9.47 Å². The lowest BCUT2D eigenvalue weighted by molar-refractivity contribution is 0.0506. The van der Waals surface area contributed by atoms with Crippen LogP contribution in [-0.4, -0.2) is 30.1 Å². The molecule has 1 heterocycles. The van der Waals surface area contributed by atoms with Gasteiger partial charge in [0.25, 0.3) is 0 Å². The van der Waals surface area contributed by atoms with Crippen molar-refractivity contribution < 1.29 is 19.1 Å². The molecule has 0 radical (unpaired) electrons. The third-order valence-corrected chi connectivity index (χ3v) is 2.11. The Morgan fingerprint density at radius 1 is 1.24 bits per heavy atom. The van der Waals surface area contributed by atoms with Crippen molar-refractivity contribution in [3.8, 4) is 0 Å². The SMILES string of the molecule is CCOC(=O)c1cnc(C(=O)OCC)c(Cl)c1. The van der Waals surface area contributed by atoms with Crippen molar-refractivity contribution in [3.05, 3.63) is 28.5 Å². The van der Waals surface area contributed by atoms with Crippen molar-refractivity contribution in [1.82, 2.24) is 4.98 Å². The number of esters is 2. The maximum Gasteiger partial charge on any atom is 0.358 e. The maximum absolute atomic E-state index is 11.4. The molecule has 0 saturated carbocycles. The van der Waals surface area contributed by atoms with E-state index in [4.69, 9.17) is 21.1 Å². The zero-order valence-corrected chi connectivity index (χ0v) is 10.3. The van der Waals surface area contributed by atoms with E-state index in [2.05, 4.69) is 4.98 Å². The largest absolute Gasteiger partial charge is 0.462 e. The van der Waals surface area contributed by atoms with Crippen LogP contribution in [0.1, 0.15) is 34.7 Å². The van der Waals surface area contributed by atoms with E-state index in [0.29, 0.717) is 0 Å². The van der Waals surface area contributed by atoms with E-state index in [9.17, 15) is 9.59 Å². The van der Waals surface area contributed by atoms with Crippen molar-refractivity contribution in [2.75, 3.05) is 13.2 Å². The number of nitrogens with zero attached hydrogens (tertiary/aromatic N) is 1. The number of halogens is 1. The van der Waals surface area contributed by atoms with Gasteiger partial charge in [0, 0.05) is 6.20 Å². The quantitative estimate of drug-likeness (QED) is 0.773. The molecule has 0 fully saturated rings. The van der Waals surface area contributed by atoms with Crippen LogP contribution in [0.2, 0.25) is 5.02 Å². The van der Waals surface area contributed by atoms with Crippen LogP contribution in [0, 0.1) is 0 Å². The lowest BCUT2D eigenvalue weighted by Crippen LogP contribution is -2.10. The minimum atomic E-state index is -0.618. The maximum atomic E-state index is 11.4. The molecular weight excluding hydrogens is 246 g/mol. The zero-order chi connectivity index (χ0) is 12.8.